The van der Waals surface area contributed by atoms with Crippen LogP contribution in [0, 0.1) is 6.92 Å². The fourth-order valence-electron chi connectivity index (χ4n) is 15.6. The van der Waals surface area contributed by atoms with Crippen LogP contribution in [0.15, 0.2) is 158 Å². The molecule has 0 saturated heterocycles. The molecule has 0 spiro atoms. The maximum atomic E-state index is 2.72. The number of benzene rings is 8. The van der Waals surface area contributed by atoms with Gasteiger partial charge in [-0.15, -0.1) is 0 Å². The maximum absolute atomic E-state index is 2.72. The number of hydrogen-bond acceptors (Lipinski definition) is 0. The van der Waals surface area contributed by atoms with E-state index >= 15 is 0 Å². The van der Waals surface area contributed by atoms with Crippen LogP contribution in [0.2, 0.25) is 0 Å². The lowest BCUT2D eigenvalue weighted by atomic mass is 9.69. The summed E-state index contributed by atoms with van der Waals surface area (Å²) in [6, 6.07) is 60.5. The Kier molecular flexibility index (Phi) is 20.6. The molecule has 0 saturated carbocycles. The van der Waals surface area contributed by atoms with Crippen LogP contribution in [0.4, 0.5) is 0 Å². The molecule has 2 aliphatic rings. The molecular weight excluding hydrogens is 985 g/mol. The zero-order valence-corrected chi connectivity index (χ0v) is 51.8. The molecule has 0 heteroatoms. The third-order valence-electron chi connectivity index (χ3n) is 19.9. The second-order valence-corrected chi connectivity index (χ2v) is 25.5. The largest absolute Gasteiger partial charge is 0.0792 e. The molecule has 0 aliphatic heterocycles. The van der Waals surface area contributed by atoms with Gasteiger partial charge in [0.05, 0.1) is 0 Å². The molecule has 0 fully saturated rings. The average Bonchev–Trinajstić information content (AvgIpc) is 3.69. The smallest absolute Gasteiger partial charge is 0.0215 e. The Balaban J connectivity index is 1.09. The van der Waals surface area contributed by atoms with Crippen LogP contribution >= 0.6 is 0 Å². The number of rotatable bonds is 32. The summed E-state index contributed by atoms with van der Waals surface area (Å²) >= 11 is 0. The van der Waals surface area contributed by atoms with Gasteiger partial charge in [0.1, 0.15) is 0 Å². The molecule has 8 aromatic rings. The van der Waals surface area contributed by atoms with E-state index in [1.165, 1.54) is 268 Å². The molecule has 0 atom stereocenters. The summed E-state index contributed by atoms with van der Waals surface area (Å²) in [6.45, 7) is 13.9. The summed E-state index contributed by atoms with van der Waals surface area (Å²) in [5.41, 5.74) is 23.0. The van der Waals surface area contributed by atoms with Gasteiger partial charge < -0.3 is 0 Å². The minimum absolute atomic E-state index is 0.0139. The van der Waals surface area contributed by atoms with E-state index < -0.39 is 0 Å². The van der Waals surface area contributed by atoms with Gasteiger partial charge in [0.2, 0.25) is 0 Å². The molecule has 10 rings (SSSR count). The Morgan fingerprint density at radius 3 is 1.10 bits per heavy atom. The van der Waals surface area contributed by atoms with Crippen molar-refractivity contribution in [3.8, 4) is 44.5 Å². The van der Waals surface area contributed by atoms with Gasteiger partial charge in [-0.25, -0.2) is 0 Å². The Labute approximate surface area is 497 Å². The van der Waals surface area contributed by atoms with Crippen molar-refractivity contribution in [2.45, 2.75) is 232 Å². The normalized spacial score (nSPS) is 13.9. The highest BCUT2D eigenvalue weighted by atomic mass is 14.5. The van der Waals surface area contributed by atoms with E-state index in [2.05, 4.69) is 199 Å². The second kappa shape index (κ2) is 28.5. The summed E-state index contributed by atoms with van der Waals surface area (Å²) in [4.78, 5) is 0. The van der Waals surface area contributed by atoms with Crippen molar-refractivity contribution in [1.82, 2.24) is 0 Å². The lowest BCUT2D eigenvalue weighted by molar-refractivity contribution is 0.398. The van der Waals surface area contributed by atoms with Crippen molar-refractivity contribution >= 4 is 27.1 Å². The summed E-state index contributed by atoms with van der Waals surface area (Å²) < 4.78 is 0. The number of fused-ring (bicyclic) bond motifs is 10. The van der Waals surface area contributed by atoms with Gasteiger partial charge in [0.15, 0.2) is 0 Å². The third kappa shape index (κ3) is 12.5. The molecular formula is C82H100. The first kappa shape index (κ1) is 59.2. The molecule has 0 amide bonds. The number of hydrogen-bond donors (Lipinski definition) is 0. The first-order valence-corrected chi connectivity index (χ1v) is 33.6. The predicted octanol–water partition coefficient (Wildman–Crippen LogP) is 25.6. The van der Waals surface area contributed by atoms with Crippen LogP contribution in [-0.4, -0.2) is 0 Å². The van der Waals surface area contributed by atoms with Crippen LogP contribution < -0.4 is 0 Å². The predicted molar refractivity (Wildman–Crippen MR) is 361 cm³/mol. The van der Waals surface area contributed by atoms with Crippen LogP contribution in [0.25, 0.3) is 71.6 Å². The van der Waals surface area contributed by atoms with Gasteiger partial charge in [-0.2, -0.15) is 0 Å². The monoisotopic (exact) mass is 1080 g/mol. The van der Waals surface area contributed by atoms with Crippen molar-refractivity contribution in [2.75, 3.05) is 0 Å². The first-order valence-electron chi connectivity index (χ1n) is 33.6. The minimum Gasteiger partial charge on any atom is -0.0792 e. The number of unbranched alkanes of at least 4 members (excludes halogenated alkanes) is 20. The molecule has 0 heterocycles. The Hall–Kier alpha value is -5.98. The first-order chi connectivity index (χ1) is 40.4. The van der Waals surface area contributed by atoms with Crippen LogP contribution in [0.5, 0.6) is 0 Å². The second-order valence-electron chi connectivity index (χ2n) is 25.5. The van der Waals surface area contributed by atoms with E-state index in [1.54, 1.807) is 22.3 Å². The quantitative estimate of drug-likeness (QED) is 0.0369. The van der Waals surface area contributed by atoms with Gasteiger partial charge >= 0.3 is 0 Å². The van der Waals surface area contributed by atoms with Gasteiger partial charge in [0.25, 0.3) is 0 Å². The molecule has 2 aliphatic carbocycles. The minimum atomic E-state index is -0.0680. The number of aryl methyl sites for hydroxylation is 1. The molecule has 0 N–H and O–H groups in total. The lowest BCUT2D eigenvalue weighted by Crippen LogP contribution is -2.26. The molecule has 8 aromatic carbocycles. The number of allylic oxidation sites excluding steroid dienone is 1. The van der Waals surface area contributed by atoms with E-state index in [0.29, 0.717) is 0 Å². The van der Waals surface area contributed by atoms with Crippen LogP contribution in [-0.2, 0) is 10.8 Å². The van der Waals surface area contributed by atoms with Crippen molar-refractivity contribution in [2.24, 2.45) is 0 Å². The molecule has 82 heavy (non-hydrogen) atoms. The zero-order chi connectivity index (χ0) is 56.7. The van der Waals surface area contributed by atoms with Crippen molar-refractivity contribution in [1.29, 1.82) is 0 Å². The maximum Gasteiger partial charge on any atom is 0.0215 e. The zero-order valence-electron chi connectivity index (χ0n) is 51.8. The summed E-state index contributed by atoms with van der Waals surface area (Å²) in [7, 11) is 0. The lowest BCUT2D eigenvalue weighted by Gasteiger charge is -2.34. The van der Waals surface area contributed by atoms with E-state index in [9.17, 15) is 0 Å². The SMILES string of the molecule is CC=C(c1ccccc1)c1ccc2c(c1)C(CCCCCCCC)(CCCCCCCC)c1cc(-c3ccc(-c4cc5c(c6ccccc46)-c4ccc(C)cc4C5(CCCCCCCC)CCCCCCCC)cc3)c3ccccc3c1-2. The van der Waals surface area contributed by atoms with Crippen molar-refractivity contribution in [3.05, 3.63) is 197 Å². The van der Waals surface area contributed by atoms with Gasteiger partial charge in [0, 0.05) is 10.8 Å². The van der Waals surface area contributed by atoms with Gasteiger partial charge in [-0.05, 0) is 163 Å². The van der Waals surface area contributed by atoms with E-state index in [4.69, 9.17) is 0 Å². The summed E-state index contributed by atoms with van der Waals surface area (Å²) in [6.07, 6.45) is 38.9. The molecule has 428 valence electrons. The fourth-order valence-corrected chi connectivity index (χ4v) is 15.6. The standard InChI is InChI=1S/C82H100/c1-7-12-16-20-24-35-53-81(54-36-25-21-17-13-8-2)75-57-61(6)45-51-71(75)79-69-43-33-31-41-67(69)73(59-77(79)81)63-46-48-64(49-47-63)74-60-78-80(70-44-34-32-42-68(70)74)72-52-50-65(66(11-5)62-39-29-28-30-40-62)58-76(72)82(78,55-37-26-22-18-14-9-3)56-38-27-23-19-15-10-4/h11,28-34,39-52,57-60H,7-10,12-27,35-38,53-56H2,1-6H3. The highest BCUT2D eigenvalue weighted by Gasteiger charge is 2.45. The third-order valence-corrected chi connectivity index (χ3v) is 19.9. The fraction of sp³-hybridized carbons (Fsp3) is 0.439. The van der Waals surface area contributed by atoms with Crippen LogP contribution in [0.3, 0.4) is 0 Å². The molecule has 0 nitrogen and oxygen atoms in total. The molecule has 0 aromatic heterocycles. The van der Waals surface area contributed by atoms with Gasteiger partial charge in [-0.1, -0.05) is 327 Å². The van der Waals surface area contributed by atoms with E-state index in [-0.39, 0.29) is 10.8 Å². The Morgan fingerprint density at radius 2 is 0.683 bits per heavy atom. The van der Waals surface area contributed by atoms with Crippen LogP contribution in [0.1, 0.15) is 253 Å². The molecule has 0 bridgehead atoms. The molecule has 0 radical (unpaired) electrons. The Bertz CT molecular complexity index is 3350. The van der Waals surface area contributed by atoms with E-state index in [1.807, 2.05) is 0 Å². The molecule has 0 unspecified atom stereocenters. The topological polar surface area (TPSA) is 0 Å². The highest BCUT2D eigenvalue weighted by molar-refractivity contribution is 6.11. The highest BCUT2D eigenvalue weighted by Crippen LogP contribution is 2.60. The van der Waals surface area contributed by atoms with E-state index in [0.717, 1.165) is 0 Å². The van der Waals surface area contributed by atoms with Gasteiger partial charge in [-0.3, -0.25) is 0 Å². The Morgan fingerprint density at radius 1 is 0.317 bits per heavy atom. The van der Waals surface area contributed by atoms with Crippen molar-refractivity contribution < 1.29 is 0 Å². The summed E-state index contributed by atoms with van der Waals surface area (Å²) in [5, 5.41) is 5.56. The van der Waals surface area contributed by atoms with Crippen molar-refractivity contribution in [3.63, 3.8) is 0 Å². The average molecular weight is 1090 g/mol. The summed E-state index contributed by atoms with van der Waals surface area (Å²) in [5.74, 6) is 0.